The predicted molar refractivity (Wildman–Crippen MR) is 64.3 cm³/mol. The van der Waals surface area contributed by atoms with Crippen molar-refractivity contribution in [3.63, 3.8) is 0 Å². The number of halogens is 3. The lowest BCUT2D eigenvalue weighted by atomic mass is 10.5. The van der Waals surface area contributed by atoms with Gasteiger partial charge in [0, 0.05) is 12.1 Å². The molecule has 0 radical (unpaired) electrons. The highest BCUT2D eigenvalue weighted by atomic mass is 79.9. The number of aromatic nitrogens is 1. The Kier molecular flexibility index (Phi) is 4.40. The summed E-state index contributed by atoms with van der Waals surface area (Å²) in [6, 6.07) is 1.49. The van der Waals surface area contributed by atoms with E-state index in [1.165, 1.54) is 19.2 Å². The lowest BCUT2D eigenvalue weighted by molar-refractivity contribution is 0.583. The highest BCUT2D eigenvalue weighted by molar-refractivity contribution is 9.10. The molecule has 7 heteroatoms. The van der Waals surface area contributed by atoms with Crippen LogP contribution in [-0.4, -0.2) is 24.5 Å². The third-order valence-electron chi connectivity index (χ3n) is 1.79. The highest BCUT2D eigenvalue weighted by Gasteiger charge is 2.26. The quantitative estimate of drug-likeness (QED) is 0.799. The molecule has 0 amide bonds. The zero-order valence-electron chi connectivity index (χ0n) is 7.75. The molecule has 1 unspecified atom stereocenters. The Morgan fingerprint density at radius 1 is 1.60 bits per heavy atom. The van der Waals surface area contributed by atoms with Gasteiger partial charge in [-0.25, -0.2) is 13.4 Å². The van der Waals surface area contributed by atoms with E-state index >= 15 is 0 Å². The molecular formula is C8H8BrCl2NO2S. The van der Waals surface area contributed by atoms with Crippen LogP contribution in [0.3, 0.4) is 0 Å². The summed E-state index contributed by atoms with van der Waals surface area (Å²) in [7, 11) is -3.49. The molecule has 1 rings (SSSR count). The average Bonchev–Trinajstić information content (AvgIpc) is 2.15. The van der Waals surface area contributed by atoms with Gasteiger partial charge in [-0.15, -0.1) is 11.6 Å². The summed E-state index contributed by atoms with van der Waals surface area (Å²) in [5.74, 6) is 0.0269. The lowest BCUT2D eigenvalue weighted by Gasteiger charge is -2.10. The Bertz CT molecular complexity index is 464. The molecule has 1 aromatic heterocycles. The van der Waals surface area contributed by atoms with Crippen LogP contribution in [-0.2, 0) is 9.84 Å². The molecule has 3 nitrogen and oxygen atoms in total. The van der Waals surface area contributed by atoms with E-state index in [-0.39, 0.29) is 10.9 Å². The van der Waals surface area contributed by atoms with Crippen LogP contribution in [0.4, 0.5) is 0 Å². The van der Waals surface area contributed by atoms with Crippen LogP contribution in [0, 0.1) is 0 Å². The smallest absolute Gasteiger partial charge is 0.200 e. The van der Waals surface area contributed by atoms with Gasteiger partial charge in [-0.3, -0.25) is 0 Å². The Morgan fingerprint density at radius 3 is 2.67 bits per heavy atom. The minimum atomic E-state index is -3.49. The number of sulfone groups is 1. The van der Waals surface area contributed by atoms with E-state index in [0.717, 1.165) is 0 Å². The first-order chi connectivity index (χ1) is 6.89. The molecule has 15 heavy (non-hydrogen) atoms. The van der Waals surface area contributed by atoms with Crippen LogP contribution in [0.25, 0.3) is 0 Å². The minimum Gasteiger partial charge on any atom is -0.242 e. The van der Waals surface area contributed by atoms with Gasteiger partial charge in [0.25, 0.3) is 0 Å². The lowest BCUT2D eigenvalue weighted by Crippen LogP contribution is -2.21. The van der Waals surface area contributed by atoms with Gasteiger partial charge in [-0.2, -0.15) is 0 Å². The maximum atomic E-state index is 11.9. The molecule has 1 aromatic rings. The first-order valence-corrected chi connectivity index (χ1v) is 7.25. The summed E-state index contributed by atoms with van der Waals surface area (Å²) < 4.78 is 24.1. The summed E-state index contributed by atoms with van der Waals surface area (Å²) in [6.45, 7) is 1.53. The fraction of sp³-hybridized carbons (Fsp3) is 0.375. The van der Waals surface area contributed by atoms with Gasteiger partial charge < -0.3 is 0 Å². The van der Waals surface area contributed by atoms with Crippen molar-refractivity contribution >= 4 is 49.0 Å². The standard InChI is InChI=1S/C8H8BrCl2NO2S/c1-5(3-10)15(13,14)8-7(9)2-6(11)4-12-8/h2,4-5H,3H2,1H3. The molecule has 1 heterocycles. The molecular weight excluding hydrogens is 325 g/mol. The van der Waals surface area contributed by atoms with Crippen LogP contribution in [0.2, 0.25) is 5.02 Å². The first kappa shape index (κ1) is 13.2. The molecule has 0 bridgehead atoms. The number of alkyl halides is 1. The highest BCUT2D eigenvalue weighted by Crippen LogP contribution is 2.26. The van der Waals surface area contributed by atoms with Crippen LogP contribution in [0.5, 0.6) is 0 Å². The van der Waals surface area contributed by atoms with Gasteiger partial charge in [-0.05, 0) is 28.9 Å². The van der Waals surface area contributed by atoms with Crippen LogP contribution >= 0.6 is 39.1 Å². The fourth-order valence-corrected chi connectivity index (χ4v) is 3.78. The van der Waals surface area contributed by atoms with Gasteiger partial charge in [0.2, 0.25) is 0 Å². The Morgan fingerprint density at radius 2 is 2.20 bits per heavy atom. The molecule has 0 spiro atoms. The Hall–Kier alpha value is 0.160. The van der Waals surface area contributed by atoms with Crippen molar-refractivity contribution in [3.05, 3.63) is 21.8 Å². The van der Waals surface area contributed by atoms with E-state index in [1.54, 1.807) is 0 Å². The normalized spacial score (nSPS) is 13.9. The SMILES string of the molecule is CC(CCl)S(=O)(=O)c1ncc(Cl)cc1Br. The van der Waals surface area contributed by atoms with Gasteiger partial charge in [0.15, 0.2) is 14.9 Å². The third-order valence-corrected chi connectivity index (χ3v) is 5.60. The molecule has 0 aliphatic rings. The van der Waals surface area contributed by atoms with Gasteiger partial charge >= 0.3 is 0 Å². The molecule has 0 aliphatic heterocycles. The monoisotopic (exact) mass is 331 g/mol. The molecule has 1 atom stereocenters. The minimum absolute atomic E-state index is 0.0269. The molecule has 0 fully saturated rings. The number of pyridine rings is 1. The second kappa shape index (κ2) is 4.99. The maximum Gasteiger partial charge on any atom is 0.200 e. The summed E-state index contributed by atoms with van der Waals surface area (Å²) in [5, 5.41) is -0.330. The van der Waals surface area contributed by atoms with E-state index < -0.39 is 15.1 Å². The molecule has 0 N–H and O–H groups in total. The first-order valence-electron chi connectivity index (χ1n) is 4.00. The Labute approximate surface area is 107 Å². The van der Waals surface area contributed by atoms with Crippen LogP contribution in [0.1, 0.15) is 6.92 Å². The van der Waals surface area contributed by atoms with E-state index in [9.17, 15) is 8.42 Å². The summed E-state index contributed by atoms with van der Waals surface area (Å²) >= 11 is 14.3. The van der Waals surface area contributed by atoms with Crippen molar-refractivity contribution in [2.75, 3.05) is 5.88 Å². The topological polar surface area (TPSA) is 47.0 Å². The van der Waals surface area contributed by atoms with E-state index in [4.69, 9.17) is 23.2 Å². The van der Waals surface area contributed by atoms with Crippen LogP contribution < -0.4 is 0 Å². The molecule has 0 aromatic carbocycles. The zero-order chi connectivity index (χ0) is 11.6. The molecule has 0 saturated heterocycles. The van der Waals surface area contributed by atoms with Crippen molar-refractivity contribution in [1.29, 1.82) is 0 Å². The van der Waals surface area contributed by atoms with Crippen molar-refractivity contribution in [3.8, 4) is 0 Å². The molecule has 0 aliphatic carbocycles. The zero-order valence-corrected chi connectivity index (χ0v) is 11.7. The van der Waals surface area contributed by atoms with Crippen molar-refractivity contribution in [2.24, 2.45) is 0 Å². The van der Waals surface area contributed by atoms with Crippen molar-refractivity contribution in [1.82, 2.24) is 4.98 Å². The summed E-state index contributed by atoms with van der Waals surface area (Å²) in [6.07, 6.45) is 1.29. The Balaban J connectivity index is 3.28. The average molecular weight is 333 g/mol. The van der Waals surface area contributed by atoms with Gasteiger partial charge in [-0.1, -0.05) is 11.6 Å². The number of rotatable bonds is 3. The van der Waals surface area contributed by atoms with Crippen molar-refractivity contribution in [2.45, 2.75) is 17.2 Å². The number of nitrogens with zero attached hydrogens (tertiary/aromatic N) is 1. The second-order valence-electron chi connectivity index (χ2n) is 2.95. The molecule has 0 saturated carbocycles. The summed E-state index contributed by atoms with van der Waals surface area (Å²) in [5.41, 5.74) is 0. The van der Waals surface area contributed by atoms with Gasteiger partial charge in [0.1, 0.15) is 0 Å². The summed E-state index contributed by atoms with van der Waals surface area (Å²) in [4.78, 5) is 3.79. The van der Waals surface area contributed by atoms with Crippen LogP contribution in [0.15, 0.2) is 21.8 Å². The van der Waals surface area contributed by atoms with E-state index in [1.807, 2.05) is 0 Å². The predicted octanol–water partition coefficient (Wildman–Crippen LogP) is 2.90. The second-order valence-corrected chi connectivity index (χ2v) is 6.83. The number of hydrogen-bond acceptors (Lipinski definition) is 3. The van der Waals surface area contributed by atoms with E-state index in [0.29, 0.717) is 9.50 Å². The maximum absolute atomic E-state index is 11.9. The number of hydrogen-bond donors (Lipinski definition) is 0. The molecule has 84 valence electrons. The van der Waals surface area contributed by atoms with Gasteiger partial charge in [0.05, 0.1) is 14.7 Å². The van der Waals surface area contributed by atoms with Crippen molar-refractivity contribution < 1.29 is 8.42 Å². The largest absolute Gasteiger partial charge is 0.242 e. The third kappa shape index (κ3) is 2.84. The van der Waals surface area contributed by atoms with E-state index in [2.05, 4.69) is 20.9 Å². The fourth-order valence-electron chi connectivity index (χ4n) is 0.885.